The Bertz CT molecular complexity index is 700. The molecular formula is C18H18FNO3. The molecule has 0 heterocycles. The lowest BCUT2D eigenvalue weighted by Gasteiger charge is -2.07. The Hall–Kier alpha value is -2.69. The van der Waals surface area contributed by atoms with Gasteiger partial charge in [-0.05, 0) is 42.7 Å². The molecule has 0 aliphatic rings. The quantitative estimate of drug-likeness (QED) is 0.829. The molecule has 0 radical (unpaired) electrons. The minimum Gasteiger partial charge on any atom is -0.465 e. The molecular weight excluding hydrogens is 297 g/mol. The van der Waals surface area contributed by atoms with Crippen molar-refractivity contribution in [2.45, 2.75) is 19.3 Å². The molecule has 0 atom stereocenters. The highest BCUT2D eigenvalue weighted by Gasteiger charge is 2.08. The Morgan fingerprint density at radius 1 is 1.13 bits per heavy atom. The van der Waals surface area contributed by atoms with E-state index in [-0.39, 0.29) is 18.1 Å². The summed E-state index contributed by atoms with van der Waals surface area (Å²) < 4.78 is 18.1. The zero-order chi connectivity index (χ0) is 16.7. The van der Waals surface area contributed by atoms with E-state index in [0.717, 1.165) is 0 Å². The summed E-state index contributed by atoms with van der Waals surface area (Å²) in [6, 6.07) is 13.1. The summed E-state index contributed by atoms with van der Waals surface area (Å²) in [4.78, 5) is 23.4. The highest BCUT2D eigenvalue weighted by molar-refractivity contribution is 5.94. The largest absolute Gasteiger partial charge is 0.465 e. The van der Waals surface area contributed by atoms with Gasteiger partial charge in [0, 0.05) is 12.1 Å². The third kappa shape index (κ3) is 4.92. The summed E-state index contributed by atoms with van der Waals surface area (Å²) >= 11 is 0. The first kappa shape index (κ1) is 16.7. The molecule has 23 heavy (non-hydrogen) atoms. The second-order valence-corrected chi connectivity index (χ2v) is 5.07. The number of carbonyl (C=O) groups excluding carboxylic acids is 2. The number of nitrogens with one attached hydrogen (secondary N) is 1. The summed E-state index contributed by atoms with van der Waals surface area (Å²) in [7, 11) is 1.30. The molecule has 0 unspecified atom stereocenters. The summed E-state index contributed by atoms with van der Waals surface area (Å²) in [5, 5.41) is 2.72. The molecule has 0 saturated carbocycles. The summed E-state index contributed by atoms with van der Waals surface area (Å²) in [6.07, 6.45) is 1.32. The number of anilines is 1. The predicted octanol–water partition coefficient (Wildman–Crippen LogP) is 3.57. The first-order chi connectivity index (χ1) is 11.1. The van der Waals surface area contributed by atoms with Crippen molar-refractivity contribution in [3.8, 4) is 0 Å². The highest BCUT2D eigenvalue weighted by atomic mass is 19.1. The number of aryl methyl sites for hydroxylation is 1. The van der Waals surface area contributed by atoms with Gasteiger partial charge in [-0.3, -0.25) is 4.79 Å². The lowest BCUT2D eigenvalue weighted by atomic mass is 10.1. The van der Waals surface area contributed by atoms with Crippen molar-refractivity contribution >= 4 is 17.6 Å². The SMILES string of the molecule is COC(=O)c1cccc(NC(=O)CCCc2ccccc2F)c1. The van der Waals surface area contributed by atoms with Crippen LogP contribution in [0.4, 0.5) is 10.1 Å². The number of hydrogen-bond acceptors (Lipinski definition) is 3. The lowest BCUT2D eigenvalue weighted by molar-refractivity contribution is -0.116. The monoisotopic (exact) mass is 315 g/mol. The fourth-order valence-corrected chi connectivity index (χ4v) is 2.21. The van der Waals surface area contributed by atoms with Crippen LogP contribution in [-0.4, -0.2) is 19.0 Å². The van der Waals surface area contributed by atoms with Gasteiger partial charge in [0.15, 0.2) is 0 Å². The van der Waals surface area contributed by atoms with E-state index in [1.165, 1.54) is 13.2 Å². The first-order valence-electron chi connectivity index (χ1n) is 7.32. The average Bonchev–Trinajstić information content (AvgIpc) is 2.56. The van der Waals surface area contributed by atoms with Gasteiger partial charge in [0.25, 0.3) is 0 Å². The zero-order valence-electron chi connectivity index (χ0n) is 12.8. The number of methoxy groups -OCH3 is 1. The smallest absolute Gasteiger partial charge is 0.337 e. The van der Waals surface area contributed by atoms with Crippen molar-refractivity contribution in [1.29, 1.82) is 0 Å². The maximum Gasteiger partial charge on any atom is 0.337 e. The van der Waals surface area contributed by atoms with Gasteiger partial charge in [-0.2, -0.15) is 0 Å². The van der Waals surface area contributed by atoms with Crippen molar-refractivity contribution < 1.29 is 18.7 Å². The number of halogens is 1. The summed E-state index contributed by atoms with van der Waals surface area (Å²) in [5.74, 6) is -0.886. The molecule has 0 aliphatic carbocycles. The number of amides is 1. The van der Waals surface area contributed by atoms with E-state index in [1.807, 2.05) is 0 Å². The molecule has 120 valence electrons. The standard InChI is InChI=1S/C18H18FNO3/c1-23-18(22)14-8-4-9-15(12-14)20-17(21)11-5-7-13-6-2-3-10-16(13)19/h2-4,6,8-10,12H,5,7,11H2,1H3,(H,20,21). The van der Waals surface area contributed by atoms with Gasteiger partial charge in [0.05, 0.1) is 12.7 Å². The first-order valence-corrected chi connectivity index (χ1v) is 7.32. The molecule has 0 fully saturated rings. The molecule has 5 heteroatoms. The summed E-state index contributed by atoms with van der Waals surface area (Å²) in [6.45, 7) is 0. The molecule has 2 aromatic carbocycles. The molecule has 1 amide bonds. The van der Waals surface area contributed by atoms with E-state index in [4.69, 9.17) is 0 Å². The molecule has 2 rings (SSSR count). The van der Waals surface area contributed by atoms with Crippen LogP contribution in [0.1, 0.15) is 28.8 Å². The number of benzene rings is 2. The van der Waals surface area contributed by atoms with Crippen molar-refractivity contribution in [3.05, 3.63) is 65.5 Å². The Morgan fingerprint density at radius 3 is 2.65 bits per heavy atom. The normalized spacial score (nSPS) is 10.2. The van der Waals surface area contributed by atoms with Crippen LogP contribution in [0.15, 0.2) is 48.5 Å². The zero-order valence-corrected chi connectivity index (χ0v) is 12.8. The minimum absolute atomic E-state index is 0.177. The Labute approximate surface area is 134 Å². The number of esters is 1. The van der Waals surface area contributed by atoms with Gasteiger partial charge in [-0.15, -0.1) is 0 Å². The van der Waals surface area contributed by atoms with Gasteiger partial charge in [-0.25, -0.2) is 9.18 Å². The Morgan fingerprint density at radius 2 is 1.91 bits per heavy atom. The van der Waals surface area contributed by atoms with E-state index in [2.05, 4.69) is 10.1 Å². The summed E-state index contributed by atoms with van der Waals surface area (Å²) in [5.41, 5.74) is 1.51. The van der Waals surface area contributed by atoms with Gasteiger partial charge < -0.3 is 10.1 Å². The van der Waals surface area contributed by atoms with E-state index in [9.17, 15) is 14.0 Å². The molecule has 0 spiro atoms. The molecule has 1 N–H and O–H groups in total. The average molecular weight is 315 g/mol. The van der Waals surface area contributed by atoms with Gasteiger partial charge in [-0.1, -0.05) is 24.3 Å². The van der Waals surface area contributed by atoms with Gasteiger partial charge in [0.1, 0.15) is 5.82 Å². The van der Waals surface area contributed by atoms with Crippen molar-refractivity contribution in [2.75, 3.05) is 12.4 Å². The highest BCUT2D eigenvalue weighted by Crippen LogP contribution is 2.13. The van der Waals surface area contributed by atoms with Crippen LogP contribution in [0.2, 0.25) is 0 Å². The van der Waals surface area contributed by atoms with Gasteiger partial charge >= 0.3 is 5.97 Å². The van der Waals surface area contributed by atoms with E-state index in [0.29, 0.717) is 29.7 Å². The second kappa shape index (κ2) is 8.08. The topological polar surface area (TPSA) is 55.4 Å². The van der Waals surface area contributed by atoms with E-state index < -0.39 is 5.97 Å². The molecule has 0 aromatic heterocycles. The Balaban J connectivity index is 1.85. The number of ether oxygens (including phenoxy) is 1. The lowest BCUT2D eigenvalue weighted by Crippen LogP contribution is -2.12. The van der Waals surface area contributed by atoms with Crippen molar-refractivity contribution in [1.82, 2.24) is 0 Å². The number of hydrogen-bond donors (Lipinski definition) is 1. The van der Waals surface area contributed by atoms with Crippen molar-refractivity contribution in [2.24, 2.45) is 0 Å². The third-order valence-electron chi connectivity index (χ3n) is 3.38. The fourth-order valence-electron chi connectivity index (χ4n) is 2.21. The second-order valence-electron chi connectivity index (χ2n) is 5.07. The molecule has 2 aromatic rings. The molecule has 4 nitrogen and oxygen atoms in total. The van der Waals surface area contributed by atoms with Crippen LogP contribution in [0, 0.1) is 5.82 Å². The molecule has 0 saturated heterocycles. The van der Waals surface area contributed by atoms with Crippen molar-refractivity contribution in [3.63, 3.8) is 0 Å². The predicted molar refractivity (Wildman–Crippen MR) is 85.7 cm³/mol. The van der Waals surface area contributed by atoms with Crippen LogP contribution in [0.25, 0.3) is 0 Å². The fraction of sp³-hybridized carbons (Fsp3) is 0.222. The van der Waals surface area contributed by atoms with E-state index >= 15 is 0 Å². The van der Waals surface area contributed by atoms with Crippen LogP contribution in [0.5, 0.6) is 0 Å². The minimum atomic E-state index is -0.458. The van der Waals surface area contributed by atoms with Crippen LogP contribution >= 0.6 is 0 Å². The third-order valence-corrected chi connectivity index (χ3v) is 3.38. The maximum atomic E-state index is 13.5. The van der Waals surface area contributed by atoms with Crippen LogP contribution in [-0.2, 0) is 16.0 Å². The van der Waals surface area contributed by atoms with Gasteiger partial charge in [0.2, 0.25) is 5.91 Å². The van der Waals surface area contributed by atoms with E-state index in [1.54, 1.807) is 42.5 Å². The maximum absolute atomic E-state index is 13.5. The van der Waals surface area contributed by atoms with Crippen LogP contribution < -0.4 is 5.32 Å². The Kier molecular flexibility index (Phi) is 5.86. The number of rotatable bonds is 6. The number of carbonyl (C=O) groups is 2. The molecule has 0 bridgehead atoms. The molecule has 0 aliphatic heterocycles. The van der Waals surface area contributed by atoms with Crippen LogP contribution in [0.3, 0.4) is 0 Å².